The predicted octanol–water partition coefficient (Wildman–Crippen LogP) is 8.99. The molecule has 0 saturated heterocycles. The fraction of sp³-hybridized carbons (Fsp3) is 0. The van der Waals surface area contributed by atoms with Gasteiger partial charge in [0.25, 0.3) is 0 Å². The molecule has 8 rings (SSSR count). The highest BCUT2D eigenvalue weighted by molar-refractivity contribution is 6.20. The molecule has 0 spiro atoms. The minimum Gasteiger partial charge on any atom is -0.355 e. The SMILES string of the molecule is c1ccc(-c2nc(-c3ccccc3)nc(-c3ccc4ccc5ccc6c(-c7ccccc7)noc6c5c4c3)n2)cc1. The maximum Gasteiger partial charge on any atom is 0.175 e. The molecule has 0 atom stereocenters. The van der Waals surface area contributed by atoms with Crippen LogP contribution in [0.4, 0.5) is 0 Å². The second kappa shape index (κ2) is 9.50. The van der Waals surface area contributed by atoms with Crippen molar-refractivity contribution in [1.29, 1.82) is 0 Å². The lowest BCUT2D eigenvalue weighted by molar-refractivity contribution is 0.462. The molecule has 41 heavy (non-hydrogen) atoms. The molecule has 2 aromatic heterocycles. The molecule has 0 N–H and O–H groups in total. The van der Waals surface area contributed by atoms with Crippen LogP contribution in [-0.4, -0.2) is 20.1 Å². The van der Waals surface area contributed by atoms with Gasteiger partial charge in [-0.3, -0.25) is 0 Å². The summed E-state index contributed by atoms with van der Waals surface area (Å²) in [6, 6.07) is 45.0. The minimum atomic E-state index is 0.617. The van der Waals surface area contributed by atoms with E-state index in [1.165, 1.54) is 0 Å². The Labute approximate surface area is 235 Å². The monoisotopic (exact) mass is 526 g/mol. The van der Waals surface area contributed by atoms with Crippen molar-refractivity contribution >= 4 is 32.5 Å². The van der Waals surface area contributed by atoms with Crippen LogP contribution < -0.4 is 0 Å². The number of aromatic nitrogens is 4. The third-order valence-electron chi connectivity index (χ3n) is 7.44. The van der Waals surface area contributed by atoms with Gasteiger partial charge >= 0.3 is 0 Å². The molecule has 0 aliphatic heterocycles. The molecular weight excluding hydrogens is 504 g/mol. The van der Waals surface area contributed by atoms with Gasteiger partial charge in [0, 0.05) is 27.6 Å². The van der Waals surface area contributed by atoms with Gasteiger partial charge in [0.2, 0.25) is 0 Å². The van der Waals surface area contributed by atoms with Crippen LogP contribution in [0.3, 0.4) is 0 Å². The van der Waals surface area contributed by atoms with E-state index < -0.39 is 0 Å². The van der Waals surface area contributed by atoms with Crippen molar-refractivity contribution in [2.45, 2.75) is 0 Å². The molecule has 5 heteroatoms. The molecule has 0 radical (unpaired) electrons. The third-order valence-corrected chi connectivity index (χ3v) is 7.44. The van der Waals surface area contributed by atoms with Crippen LogP contribution in [0.25, 0.3) is 77.9 Å². The Morgan fingerprint density at radius 3 is 1.56 bits per heavy atom. The van der Waals surface area contributed by atoms with Crippen LogP contribution in [0.5, 0.6) is 0 Å². The van der Waals surface area contributed by atoms with Gasteiger partial charge in [-0.15, -0.1) is 0 Å². The smallest absolute Gasteiger partial charge is 0.175 e. The lowest BCUT2D eigenvalue weighted by Gasteiger charge is -2.10. The molecule has 0 aliphatic rings. The summed E-state index contributed by atoms with van der Waals surface area (Å²) < 4.78 is 6.03. The average Bonchev–Trinajstić information content (AvgIpc) is 3.50. The van der Waals surface area contributed by atoms with Crippen LogP contribution in [0.15, 0.2) is 138 Å². The van der Waals surface area contributed by atoms with Gasteiger partial charge in [-0.1, -0.05) is 126 Å². The largest absolute Gasteiger partial charge is 0.355 e. The van der Waals surface area contributed by atoms with Crippen LogP contribution >= 0.6 is 0 Å². The van der Waals surface area contributed by atoms with Gasteiger partial charge in [0.15, 0.2) is 23.1 Å². The number of hydrogen-bond donors (Lipinski definition) is 0. The quantitative estimate of drug-likeness (QED) is 0.214. The van der Waals surface area contributed by atoms with Crippen molar-refractivity contribution in [3.05, 3.63) is 133 Å². The first-order chi connectivity index (χ1) is 20.3. The predicted molar refractivity (Wildman–Crippen MR) is 164 cm³/mol. The summed E-state index contributed by atoms with van der Waals surface area (Å²) in [6.45, 7) is 0. The molecule has 0 aliphatic carbocycles. The van der Waals surface area contributed by atoms with Gasteiger partial charge in [-0.05, 0) is 28.3 Å². The van der Waals surface area contributed by atoms with Gasteiger partial charge in [-0.25, -0.2) is 15.0 Å². The standard InChI is InChI=1S/C36H22N4O/c1-4-10-25(11-5-1)32-29-21-20-24-18-16-23-17-19-28(22-30(23)31(24)33(29)41-40-32)36-38-34(26-12-6-2-7-13-26)37-35(39-36)27-14-8-3-9-15-27/h1-22H. The van der Waals surface area contributed by atoms with E-state index in [0.29, 0.717) is 17.5 Å². The summed E-state index contributed by atoms with van der Waals surface area (Å²) in [6.07, 6.45) is 0. The Balaban J connectivity index is 1.36. The molecule has 0 amide bonds. The van der Waals surface area contributed by atoms with E-state index in [2.05, 4.69) is 59.8 Å². The van der Waals surface area contributed by atoms with E-state index in [9.17, 15) is 0 Å². The maximum atomic E-state index is 6.03. The highest BCUT2D eigenvalue weighted by Gasteiger charge is 2.17. The van der Waals surface area contributed by atoms with Crippen LogP contribution in [0.1, 0.15) is 0 Å². The number of rotatable bonds is 4. The second-order valence-electron chi connectivity index (χ2n) is 9.98. The van der Waals surface area contributed by atoms with E-state index in [1.54, 1.807) is 0 Å². The molecule has 8 aromatic rings. The van der Waals surface area contributed by atoms with Gasteiger partial charge in [0.1, 0.15) is 5.69 Å². The maximum absolute atomic E-state index is 6.03. The summed E-state index contributed by atoms with van der Waals surface area (Å²) in [7, 11) is 0. The Hall–Kier alpha value is -5.68. The molecule has 6 aromatic carbocycles. The minimum absolute atomic E-state index is 0.617. The van der Waals surface area contributed by atoms with E-state index in [1.807, 2.05) is 78.9 Å². The molecule has 0 saturated carbocycles. The normalized spacial score (nSPS) is 11.4. The summed E-state index contributed by atoms with van der Waals surface area (Å²) in [4.78, 5) is 14.7. The fourth-order valence-electron chi connectivity index (χ4n) is 5.42. The highest BCUT2D eigenvalue weighted by Crippen LogP contribution is 2.38. The zero-order valence-electron chi connectivity index (χ0n) is 21.9. The lowest BCUT2D eigenvalue weighted by atomic mass is 9.97. The highest BCUT2D eigenvalue weighted by atomic mass is 16.5. The Morgan fingerprint density at radius 2 is 0.927 bits per heavy atom. The molecule has 5 nitrogen and oxygen atoms in total. The molecule has 0 unspecified atom stereocenters. The Morgan fingerprint density at radius 1 is 0.415 bits per heavy atom. The molecule has 0 fully saturated rings. The van der Waals surface area contributed by atoms with Crippen molar-refractivity contribution in [1.82, 2.24) is 20.1 Å². The molecule has 192 valence electrons. The summed E-state index contributed by atoms with van der Waals surface area (Å²) in [5.41, 5.74) is 5.43. The number of hydrogen-bond acceptors (Lipinski definition) is 5. The third kappa shape index (κ3) is 4.03. The topological polar surface area (TPSA) is 64.7 Å². The first kappa shape index (κ1) is 23.2. The first-order valence-corrected chi connectivity index (χ1v) is 13.5. The number of fused-ring (bicyclic) bond motifs is 5. The lowest BCUT2D eigenvalue weighted by Crippen LogP contribution is -2.00. The van der Waals surface area contributed by atoms with E-state index in [0.717, 1.165) is 60.5 Å². The number of nitrogens with zero attached hydrogens (tertiary/aromatic N) is 4. The van der Waals surface area contributed by atoms with Crippen molar-refractivity contribution in [3.8, 4) is 45.4 Å². The molecular formula is C36H22N4O. The second-order valence-corrected chi connectivity index (χ2v) is 9.98. The molecule has 0 bridgehead atoms. The van der Waals surface area contributed by atoms with Gasteiger partial charge in [0.05, 0.1) is 5.39 Å². The zero-order chi connectivity index (χ0) is 27.2. The van der Waals surface area contributed by atoms with Crippen LogP contribution in [0.2, 0.25) is 0 Å². The van der Waals surface area contributed by atoms with E-state index in [-0.39, 0.29) is 0 Å². The first-order valence-electron chi connectivity index (χ1n) is 13.5. The van der Waals surface area contributed by atoms with E-state index in [4.69, 9.17) is 19.5 Å². The van der Waals surface area contributed by atoms with Crippen molar-refractivity contribution in [2.24, 2.45) is 0 Å². The van der Waals surface area contributed by atoms with Crippen molar-refractivity contribution in [3.63, 3.8) is 0 Å². The Bertz CT molecular complexity index is 2130. The summed E-state index contributed by atoms with van der Waals surface area (Å²) >= 11 is 0. The zero-order valence-corrected chi connectivity index (χ0v) is 21.9. The van der Waals surface area contributed by atoms with Crippen LogP contribution in [0, 0.1) is 0 Å². The molecule has 2 heterocycles. The fourth-order valence-corrected chi connectivity index (χ4v) is 5.42. The average molecular weight is 527 g/mol. The van der Waals surface area contributed by atoms with Gasteiger partial charge in [-0.2, -0.15) is 0 Å². The van der Waals surface area contributed by atoms with Gasteiger partial charge < -0.3 is 4.52 Å². The van der Waals surface area contributed by atoms with Crippen molar-refractivity contribution < 1.29 is 4.52 Å². The van der Waals surface area contributed by atoms with E-state index >= 15 is 0 Å². The summed E-state index contributed by atoms with van der Waals surface area (Å²) in [5, 5.41) is 9.75. The Kier molecular flexibility index (Phi) is 5.38. The summed E-state index contributed by atoms with van der Waals surface area (Å²) in [5.74, 6) is 1.89. The van der Waals surface area contributed by atoms with Crippen molar-refractivity contribution in [2.75, 3.05) is 0 Å². The van der Waals surface area contributed by atoms with Crippen LogP contribution in [-0.2, 0) is 0 Å². The number of benzene rings is 6.